The van der Waals surface area contributed by atoms with E-state index in [1.54, 1.807) is 35.0 Å². The Morgan fingerprint density at radius 2 is 1.86 bits per heavy atom. The van der Waals surface area contributed by atoms with Gasteiger partial charge in [0.25, 0.3) is 0 Å². The maximum absolute atomic E-state index is 12.8. The predicted molar refractivity (Wildman–Crippen MR) is 146 cm³/mol. The molecule has 2 heterocycles. The highest BCUT2D eigenvalue weighted by Gasteiger charge is 2.24. The molecule has 2 aromatic heterocycles. The molecule has 6 N–H and O–H groups in total. The van der Waals surface area contributed by atoms with Gasteiger partial charge in [-0.3, -0.25) is 10.3 Å². The van der Waals surface area contributed by atoms with Crippen molar-refractivity contribution in [3.8, 4) is 0 Å². The number of alkyl carbamates (subject to hydrolysis) is 1. The van der Waals surface area contributed by atoms with Crippen LogP contribution in [0.25, 0.3) is 0 Å². The second kappa shape index (κ2) is 15.8. The fraction of sp³-hybridized carbons (Fsp3) is 0.667. The number of rotatable bonds is 15. The number of ether oxygens (including phenoxy) is 1. The van der Waals surface area contributed by atoms with E-state index >= 15 is 0 Å². The first-order valence-corrected chi connectivity index (χ1v) is 14.3. The van der Waals surface area contributed by atoms with E-state index in [9.17, 15) is 14.7 Å². The van der Waals surface area contributed by atoms with Crippen LogP contribution in [0.2, 0.25) is 0 Å². The van der Waals surface area contributed by atoms with Crippen molar-refractivity contribution >= 4 is 34.8 Å². The first kappa shape index (κ1) is 30.9. The second-order valence-corrected chi connectivity index (χ2v) is 11.4. The number of amides is 3. The van der Waals surface area contributed by atoms with Crippen molar-refractivity contribution in [3.05, 3.63) is 32.7 Å². The Morgan fingerprint density at radius 1 is 1.14 bits per heavy atom. The lowest BCUT2D eigenvalue weighted by atomic mass is 10.1. The van der Waals surface area contributed by atoms with Gasteiger partial charge in [-0.25, -0.2) is 14.6 Å². The number of aromatic nitrogens is 2. The van der Waals surface area contributed by atoms with Gasteiger partial charge in [-0.2, -0.15) is 0 Å². The SMILES string of the molecule is CC(CCC(C)NC(O)C(CCN)NC(=O)N(C)Cc1csc(C(C)C)n1)NC(=O)OCc1cncs1. The van der Waals surface area contributed by atoms with Crippen LogP contribution in [-0.2, 0) is 17.9 Å². The van der Waals surface area contributed by atoms with Crippen molar-refractivity contribution in [2.24, 2.45) is 5.73 Å². The lowest BCUT2D eigenvalue weighted by Gasteiger charge is -2.29. The number of carbonyl (C=O) groups is 2. The molecule has 0 radical (unpaired) electrons. The van der Waals surface area contributed by atoms with Gasteiger partial charge in [0.2, 0.25) is 0 Å². The number of nitrogens with two attached hydrogens (primary N) is 1. The first-order chi connectivity index (χ1) is 17.6. The summed E-state index contributed by atoms with van der Waals surface area (Å²) < 4.78 is 5.20. The molecule has 0 saturated carbocycles. The Labute approximate surface area is 227 Å². The molecular formula is C24H41N7O4S2. The Kier molecular flexibility index (Phi) is 13.2. The van der Waals surface area contributed by atoms with E-state index in [1.165, 1.54) is 11.3 Å². The largest absolute Gasteiger partial charge is 0.444 e. The summed E-state index contributed by atoms with van der Waals surface area (Å²) in [5, 5.41) is 22.6. The molecule has 0 saturated heterocycles. The minimum absolute atomic E-state index is 0.0631. The number of urea groups is 1. The van der Waals surface area contributed by atoms with Crippen molar-refractivity contribution in [1.29, 1.82) is 0 Å². The van der Waals surface area contributed by atoms with Crippen LogP contribution in [0.4, 0.5) is 9.59 Å². The molecule has 0 bridgehead atoms. The van der Waals surface area contributed by atoms with Crippen LogP contribution in [0.3, 0.4) is 0 Å². The summed E-state index contributed by atoms with van der Waals surface area (Å²) in [4.78, 5) is 35.7. The summed E-state index contributed by atoms with van der Waals surface area (Å²) >= 11 is 3.02. The number of hydrogen-bond donors (Lipinski definition) is 5. The Morgan fingerprint density at radius 3 is 2.49 bits per heavy atom. The highest BCUT2D eigenvalue weighted by molar-refractivity contribution is 7.09. The number of carbonyl (C=O) groups excluding carboxylic acids is 2. The zero-order chi connectivity index (χ0) is 27.4. The summed E-state index contributed by atoms with van der Waals surface area (Å²) in [6.45, 7) is 8.90. The average Bonchev–Trinajstić information content (AvgIpc) is 3.53. The van der Waals surface area contributed by atoms with E-state index in [0.717, 1.165) is 15.6 Å². The van der Waals surface area contributed by atoms with Crippen LogP contribution in [0.1, 0.15) is 68.5 Å². The third-order valence-corrected chi connectivity index (χ3v) is 7.61. The lowest BCUT2D eigenvalue weighted by Crippen LogP contribution is -2.55. The van der Waals surface area contributed by atoms with Crippen LogP contribution in [0.5, 0.6) is 0 Å². The van der Waals surface area contributed by atoms with Crippen molar-refractivity contribution in [2.45, 2.75) is 90.4 Å². The molecule has 3 amide bonds. The highest BCUT2D eigenvalue weighted by Crippen LogP contribution is 2.20. The van der Waals surface area contributed by atoms with E-state index < -0.39 is 18.4 Å². The van der Waals surface area contributed by atoms with Crippen LogP contribution < -0.4 is 21.7 Å². The molecule has 37 heavy (non-hydrogen) atoms. The van der Waals surface area contributed by atoms with Gasteiger partial charge in [-0.05, 0) is 39.7 Å². The smallest absolute Gasteiger partial charge is 0.407 e. The Hall–Kier alpha value is -2.32. The van der Waals surface area contributed by atoms with Gasteiger partial charge in [0.1, 0.15) is 12.8 Å². The van der Waals surface area contributed by atoms with Crippen LogP contribution in [0.15, 0.2) is 17.1 Å². The summed E-state index contributed by atoms with van der Waals surface area (Å²) in [7, 11) is 1.70. The number of hydrogen-bond acceptors (Lipinski definition) is 10. The van der Waals surface area contributed by atoms with Gasteiger partial charge in [0.15, 0.2) is 0 Å². The van der Waals surface area contributed by atoms with E-state index in [2.05, 4.69) is 39.8 Å². The number of thiazole rings is 2. The van der Waals surface area contributed by atoms with Crippen LogP contribution in [0, 0.1) is 0 Å². The van der Waals surface area contributed by atoms with Crippen LogP contribution in [-0.4, -0.2) is 70.0 Å². The fourth-order valence-corrected chi connectivity index (χ4v) is 4.82. The molecular weight excluding hydrogens is 514 g/mol. The molecule has 0 spiro atoms. The molecule has 0 aromatic carbocycles. The van der Waals surface area contributed by atoms with E-state index in [-0.39, 0.29) is 24.7 Å². The van der Waals surface area contributed by atoms with Gasteiger partial charge in [-0.1, -0.05) is 13.8 Å². The minimum Gasteiger partial charge on any atom is -0.444 e. The monoisotopic (exact) mass is 555 g/mol. The predicted octanol–water partition coefficient (Wildman–Crippen LogP) is 2.97. The minimum atomic E-state index is -0.977. The average molecular weight is 556 g/mol. The Bertz CT molecular complexity index is 941. The van der Waals surface area contributed by atoms with Gasteiger partial charge < -0.3 is 31.1 Å². The fourth-order valence-electron chi connectivity index (χ4n) is 3.49. The van der Waals surface area contributed by atoms with E-state index in [1.807, 2.05) is 19.2 Å². The van der Waals surface area contributed by atoms with Crippen molar-refractivity contribution in [2.75, 3.05) is 13.6 Å². The quantitative estimate of drug-likeness (QED) is 0.210. The van der Waals surface area contributed by atoms with E-state index in [4.69, 9.17) is 10.5 Å². The van der Waals surface area contributed by atoms with Gasteiger partial charge in [-0.15, -0.1) is 22.7 Å². The van der Waals surface area contributed by atoms with Crippen molar-refractivity contribution in [1.82, 2.24) is 30.8 Å². The number of aliphatic hydroxyl groups is 1. The summed E-state index contributed by atoms with van der Waals surface area (Å²) in [6.07, 6.45) is 2.00. The molecule has 0 aliphatic rings. The molecule has 0 aliphatic heterocycles. The molecule has 2 rings (SSSR count). The van der Waals surface area contributed by atoms with E-state index in [0.29, 0.717) is 38.3 Å². The van der Waals surface area contributed by atoms with Crippen molar-refractivity contribution < 1.29 is 19.4 Å². The number of nitrogens with one attached hydrogen (secondary N) is 3. The number of aliphatic hydroxyl groups excluding tert-OH is 1. The highest BCUT2D eigenvalue weighted by atomic mass is 32.1. The summed E-state index contributed by atoms with van der Waals surface area (Å²) in [6, 6.07) is -1.03. The molecule has 4 atom stereocenters. The molecule has 208 valence electrons. The van der Waals surface area contributed by atoms with Gasteiger partial charge in [0, 0.05) is 36.6 Å². The van der Waals surface area contributed by atoms with Crippen molar-refractivity contribution in [3.63, 3.8) is 0 Å². The zero-order valence-corrected chi connectivity index (χ0v) is 23.9. The van der Waals surface area contributed by atoms with Gasteiger partial charge in [0.05, 0.1) is 33.7 Å². The molecule has 0 aliphatic carbocycles. The Balaban J connectivity index is 1.74. The third kappa shape index (κ3) is 11.3. The third-order valence-electron chi connectivity index (χ3n) is 5.66. The van der Waals surface area contributed by atoms with Gasteiger partial charge >= 0.3 is 12.1 Å². The molecule has 2 aromatic rings. The molecule has 0 fully saturated rings. The summed E-state index contributed by atoms with van der Waals surface area (Å²) in [5.74, 6) is 0.344. The topological polar surface area (TPSA) is 155 Å². The molecule has 11 nitrogen and oxygen atoms in total. The maximum atomic E-state index is 12.8. The second-order valence-electron chi connectivity index (χ2n) is 9.50. The zero-order valence-electron chi connectivity index (χ0n) is 22.3. The lowest BCUT2D eigenvalue weighted by molar-refractivity contribution is 0.0785. The maximum Gasteiger partial charge on any atom is 0.407 e. The summed E-state index contributed by atoms with van der Waals surface area (Å²) in [5.41, 5.74) is 8.26. The van der Waals surface area contributed by atoms with Crippen LogP contribution >= 0.6 is 22.7 Å². The standard InChI is InChI=1S/C24H41N7O4S2/c1-15(2)22-29-18(13-36-22)11-31(5)23(33)30-20(8-9-25)21(32)27-16(3)6-7-17(4)28-24(34)35-12-19-10-26-14-37-19/h10,13-17,20-21,27,32H,6-9,11-12,25H2,1-5H3,(H,28,34)(H,30,33). The normalized spacial score (nSPS) is 14.6. The molecule has 4 unspecified atom stereocenters. The molecule has 13 heteroatoms. The first-order valence-electron chi connectivity index (χ1n) is 12.5. The number of nitrogens with zero attached hydrogens (tertiary/aromatic N) is 3.